The first-order chi connectivity index (χ1) is 10.7. The standard InChI is InChI=1S/C16H13N3O3/c1-22-13-4-2-3-12(9-13)19-15(16(20)21)10-14(18-19)11-5-7-17-8-6-11/h2-10H,1H3,(H,20,21). The summed E-state index contributed by atoms with van der Waals surface area (Å²) in [7, 11) is 1.56. The summed E-state index contributed by atoms with van der Waals surface area (Å²) < 4.78 is 6.56. The van der Waals surface area contributed by atoms with Crippen LogP contribution in [0, 0.1) is 0 Å². The second kappa shape index (κ2) is 5.69. The Bertz CT molecular complexity index is 813. The maximum absolute atomic E-state index is 11.5. The van der Waals surface area contributed by atoms with E-state index in [4.69, 9.17) is 4.74 Å². The van der Waals surface area contributed by atoms with Gasteiger partial charge in [-0.2, -0.15) is 5.10 Å². The van der Waals surface area contributed by atoms with Crippen LogP contribution in [-0.4, -0.2) is 33.0 Å². The van der Waals surface area contributed by atoms with Gasteiger partial charge >= 0.3 is 5.97 Å². The van der Waals surface area contributed by atoms with Gasteiger partial charge in [-0.05, 0) is 30.3 Å². The number of carbonyl (C=O) groups is 1. The second-order valence-electron chi connectivity index (χ2n) is 4.57. The summed E-state index contributed by atoms with van der Waals surface area (Å²) in [5.74, 6) is -0.412. The first kappa shape index (κ1) is 13.8. The summed E-state index contributed by atoms with van der Waals surface area (Å²) in [5.41, 5.74) is 2.08. The summed E-state index contributed by atoms with van der Waals surface area (Å²) in [6, 6.07) is 12.2. The molecule has 0 saturated carbocycles. The van der Waals surface area contributed by atoms with E-state index in [1.54, 1.807) is 55.9 Å². The number of nitrogens with zero attached hydrogens (tertiary/aromatic N) is 3. The molecule has 2 aromatic heterocycles. The third-order valence-corrected chi connectivity index (χ3v) is 3.20. The third kappa shape index (κ3) is 2.54. The molecule has 0 aliphatic rings. The molecule has 0 fully saturated rings. The molecule has 2 heterocycles. The zero-order valence-electron chi connectivity index (χ0n) is 11.8. The van der Waals surface area contributed by atoms with Gasteiger partial charge < -0.3 is 9.84 Å². The average molecular weight is 295 g/mol. The Morgan fingerprint density at radius 2 is 1.95 bits per heavy atom. The first-order valence-electron chi connectivity index (χ1n) is 6.57. The fourth-order valence-corrected chi connectivity index (χ4v) is 2.14. The summed E-state index contributed by atoms with van der Waals surface area (Å²) in [4.78, 5) is 15.4. The van der Waals surface area contributed by atoms with Gasteiger partial charge in [0.1, 0.15) is 5.75 Å². The van der Waals surface area contributed by atoms with E-state index >= 15 is 0 Å². The van der Waals surface area contributed by atoms with Gasteiger partial charge in [-0.3, -0.25) is 4.98 Å². The Balaban J connectivity index is 2.14. The normalized spacial score (nSPS) is 10.4. The SMILES string of the molecule is COc1cccc(-n2nc(-c3ccncc3)cc2C(=O)O)c1. The number of hydrogen-bond donors (Lipinski definition) is 1. The van der Waals surface area contributed by atoms with Crippen molar-refractivity contribution < 1.29 is 14.6 Å². The van der Waals surface area contributed by atoms with Crippen LogP contribution in [0.4, 0.5) is 0 Å². The highest BCUT2D eigenvalue weighted by molar-refractivity contribution is 5.88. The third-order valence-electron chi connectivity index (χ3n) is 3.20. The Labute approximate surface area is 126 Å². The van der Waals surface area contributed by atoms with Gasteiger partial charge in [0, 0.05) is 24.0 Å². The Hall–Kier alpha value is -3.15. The molecule has 3 rings (SSSR count). The van der Waals surface area contributed by atoms with Crippen LogP contribution in [0.2, 0.25) is 0 Å². The molecule has 0 bridgehead atoms. The highest BCUT2D eigenvalue weighted by atomic mass is 16.5. The van der Waals surface area contributed by atoms with E-state index in [-0.39, 0.29) is 5.69 Å². The summed E-state index contributed by atoms with van der Waals surface area (Å²) in [6.45, 7) is 0. The number of benzene rings is 1. The zero-order valence-corrected chi connectivity index (χ0v) is 11.8. The molecule has 0 amide bonds. The maximum atomic E-state index is 11.5. The van der Waals surface area contributed by atoms with Crippen molar-refractivity contribution in [2.75, 3.05) is 7.11 Å². The Kier molecular flexibility index (Phi) is 3.57. The predicted octanol–water partition coefficient (Wildman–Crippen LogP) is 2.64. The van der Waals surface area contributed by atoms with Gasteiger partial charge in [0.25, 0.3) is 0 Å². The highest BCUT2D eigenvalue weighted by Crippen LogP contribution is 2.23. The zero-order chi connectivity index (χ0) is 15.5. The van der Waals surface area contributed by atoms with Gasteiger partial charge in [-0.15, -0.1) is 0 Å². The predicted molar refractivity (Wildman–Crippen MR) is 80.3 cm³/mol. The van der Waals surface area contributed by atoms with Gasteiger partial charge in [-0.25, -0.2) is 9.48 Å². The van der Waals surface area contributed by atoms with E-state index in [9.17, 15) is 9.90 Å². The molecule has 0 unspecified atom stereocenters. The first-order valence-corrected chi connectivity index (χ1v) is 6.57. The Morgan fingerprint density at radius 3 is 2.64 bits per heavy atom. The maximum Gasteiger partial charge on any atom is 0.354 e. The lowest BCUT2D eigenvalue weighted by atomic mass is 10.2. The molecule has 1 aromatic carbocycles. The number of methoxy groups -OCH3 is 1. The minimum absolute atomic E-state index is 0.0834. The van der Waals surface area contributed by atoms with Crippen molar-refractivity contribution in [1.82, 2.24) is 14.8 Å². The van der Waals surface area contributed by atoms with Gasteiger partial charge in [0.05, 0.1) is 18.5 Å². The highest BCUT2D eigenvalue weighted by Gasteiger charge is 2.17. The van der Waals surface area contributed by atoms with Crippen molar-refractivity contribution in [2.45, 2.75) is 0 Å². The van der Waals surface area contributed by atoms with Crippen LogP contribution >= 0.6 is 0 Å². The van der Waals surface area contributed by atoms with Crippen LogP contribution < -0.4 is 4.74 Å². The molecule has 6 nitrogen and oxygen atoms in total. The van der Waals surface area contributed by atoms with E-state index in [1.165, 1.54) is 10.7 Å². The van der Waals surface area contributed by atoms with Crippen LogP contribution in [0.25, 0.3) is 16.9 Å². The number of carboxylic acid groups (broad SMARTS) is 1. The molecule has 0 aliphatic heterocycles. The van der Waals surface area contributed by atoms with Gasteiger partial charge in [-0.1, -0.05) is 6.07 Å². The molecule has 22 heavy (non-hydrogen) atoms. The van der Waals surface area contributed by atoms with Crippen LogP contribution in [0.15, 0.2) is 54.9 Å². The lowest BCUT2D eigenvalue weighted by Crippen LogP contribution is -2.07. The molecule has 0 spiro atoms. The topological polar surface area (TPSA) is 77.2 Å². The second-order valence-corrected chi connectivity index (χ2v) is 4.57. The smallest absolute Gasteiger partial charge is 0.354 e. The molecular formula is C16H13N3O3. The molecule has 6 heteroatoms. The van der Waals surface area contributed by atoms with E-state index in [1.807, 2.05) is 0 Å². The number of hydrogen-bond acceptors (Lipinski definition) is 4. The summed E-state index contributed by atoms with van der Waals surface area (Å²) in [6.07, 6.45) is 3.28. The van der Waals surface area contributed by atoms with E-state index in [0.717, 1.165) is 5.56 Å². The van der Waals surface area contributed by atoms with Crippen LogP contribution in [0.1, 0.15) is 10.5 Å². The van der Waals surface area contributed by atoms with Gasteiger partial charge in [0.15, 0.2) is 5.69 Å². The summed E-state index contributed by atoms with van der Waals surface area (Å²) >= 11 is 0. The quantitative estimate of drug-likeness (QED) is 0.800. The van der Waals surface area contributed by atoms with Crippen LogP contribution in [0.3, 0.4) is 0 Å². The average Bonchev–Trinajstić information content (AvgIpc) is 3.01. The van der Waals surface area contributed by atoms with Crippen molar-refractivity contribution in [1.29, 1.82) is 0 Å². The van der Waals surface area contributed by atoms with Crippen molar-refractivity contribution in [2.24, 2.45) is 0 Å². The number of ether oxygens (including phenoxy) is 1. The molecule has 0 radical (unpaired) electrons. The fraction of sp³-hybridized carbons (Fsp3) is 0.0625. The molecule has 1 N–H and O–H groups in total. The van der Waals surface area contributed by atoms with Crippen LogP contribution in [0.5, 0.6) is 5.75 Å². The number of rotatable bonds is 4. The summed E-state index contributed by atoms with van der Waals surface area (Å²) in [5, 5.41) is 13.8. The number of aromatic nitrogens is 3. The van der Waals surface area contributed by atoms with Crippen LogP contribution in [-0.2, 0) is 0 Å². The lowest BCUT2D eigenvalue weighted by molar-refractivity contribution is 0.0687. The fourth-order valence-electron chi connectivity index (χ4n) is 2.14. The van der Waals surface area contributed by atoms with E-state index in [2.05, 4.69) is 10.1 Å². The van der Waals surface area contributed by atoms with Gasteiger partial charge in [0.2, 0.25) is 0 Å². The van der Waals surface area contributed by atoms with Crippen molar-refractivity contribution in [3.63, 3.8) is 0 Å². The largest absolute Gasteiger partial charge is 0.497 e. The number of pyridine rings is 1. The monoisotopic (exact) mass is 295 g/mol. The van der Waals surface area contributed by atoms with Crippen molar-refractivity contribution >= 4 is 5.97 Å². The molecule has 0 saturated heterocycles. The Morgan fingerprint density at radius 1 is 1.18 bits per heavy atom. The minimum atomic E-state index is -1.05. The van der Waals surface area contributed by atoms with Crippen molar-refractivity contribution in [3.05, 3.63) is 60.6 Å². The lowest BCUT2D eigenvalue weighted by Gasteiger charge is -2.06. The minimum Gasteiger partial charge on any atom is -0.497 e. The van der Waals surface area contributed by atoms with E-state index in [0.29, 0.717) is 17.1 Å². The molecule has 110 valence electrons. The molecule has 0 aliphatic carbocycles. The number of aromatic carboxylic acids is 1. The molecule has 0 atom stereocenters. The van der Waals surface area contributed by atoms with Crippen molar-refractivity contribution in [3.8, 4) is 22.7 Å². The molecular weight excluding hydrogens is 282 g/mol. The number of carboxylic acids is 1. The molecule has 3 aromatic rings. The van der Waals surface area contributed by atoms with E-state index < -0.39 is 5.97 Å².